The van der Waals surface area contributed by atoms with E-state index in [0.29, 0.717) is 25.7 Å². The molecule has 0 radical (unpaired) electrons. The number of hydrogen-bond acceptors (Lipinski definition) is 6. The van der Waals surface area contributed by atoms with Gasteiger partial charge < -0.3 is 18.9 Å². The highest BCUT2D eigenvalue weighted by atomic mass is 16.7. The molecule has 0 aromatic heterocycles. The molecule has 1 rings (SSSR count). The Kier molecular flexibility index (Phi) is 5.76. The second-order valence-electron chi connectivity index (χ2n) is 3.70. The van der Waals surface area contributed by atoms with Crippen LogP contribution in [-0.2, 0) is 18.9 Å². The highest BCUT2D eigenvalue weighted by Gasteiger charge is 2.26. The SMILES string of the molecule is C=COC(=O)OC1CCC(OC(=O)OC=C)CC1. The average Bonchev–Trinajstić information content (AvgIpc) is 2.32. The van der Waals surface area contributed by atoms with Crippen LogP contribution in [0.5, 0.6) is 0 Å². The molecule has 0 spiro atoms. The fraction of sp³-hybridized carbons (Fsp3) is 0.500. The topological polar surface area (TPSA) is 71.1 Å². The Balaban J connectivity index is 2.24. The second kappa shape index (κ2) is 7.37. The number of carbonyl (C=O) groups excluding carboxylic acids is 2. The summed E-state index contributed by atoms with van der Waals surface area (Å²) in [5, 5.41) is 0. The average molecular weight is 256 g/mol. The lowest BCUT2D eigenvalue weighted by molar-refractivity contribution is -0.0119. The summed E-state index contributed by atoms with van der Waals surface area (Å²) >= 11 is 0. The third kappa shape index (κ3) is 4.90. The van der Waals surface area contributed by atoms with Crippen molar-refractivity contribution in [2.45, 2.75) is 37.9 Å². The van der Waals surface area contributed by atoms with E-state index in [9.17, 15) is 9.59 Å². The summed E-state index contributed by atoms with van der Waals surface area (Å²) in [7, 11) is 0. The van der Waals surface area contributed by atoms with Crippen LogP contribution in [0.2, 0.25) is 0 Å². The van der Waals surface area contributed by atoms with E-state index in [1.807, 2.05) is 0 Å². The van der Waals surface area contributed by atoms with Gasteiger partial charge in [0.15, 0.2) is 0 Å². The Bertz CT molecular complexity index is 285. The van der Waals surface area contributed by atoms with Crippen molar-refractivity contribution in [2.24, 2.45) is 0 Å². The van der Waals surface area contributed by atoms with Crippen LogP contribution >= 0.6 is 0 Å². The monoisotopic (exact) mass is 256 g/mol. The number of rotatable bonds is 4. The van der Waals surface area contributed by atoms with Gasteiger partial charge in [0, 0.05) is 0 Å². The van der Waals surface area contributed by atoms with Gasteiger partial charge in [0.1, 0.15) is 12.2 Å². The molecule has 0 atom stereocenters. The fourth-order valence-corrected chi connectivity index (χ4v) is 1.73. The van der Waals surface area contributed by atoms with Crippen molar-refractivity contribution in [3.63, 3.8) is 0 Å². The zero-order valence-corrected chi connectivity index (χ0v) is 10.0. The van der Waals surface area contributed by atoms with Crippen LogP contribution in [0.1, 0.15) is 25.7 Å². The molecule has 6 heteroatoms. The molecule has 0 N–H and O–H groups in total. The molecule has 0 amide bonds. The molecular formula is C12H16O6. The summed E-state index contributed by atoms with van der Waals surface area (Å²) in [6.07, 6.45) is 2.51. The zero-order valence-electron chi connectivity index (χ0n) is 10.0. The maximum atomic E-state index is 11.0. The quantitative estimate of drug-likeness (QED) is 0.569. The Morgan fingerprint density at radius 1 is 0.833 bits per heavy atom. The maximum Gasteiger partial charge on any atom is 0.513 e. The van der Waals surface area contributed by atoms with Gasteiger partial charge in [-0.1, -0.05) is 13.2 Å². The maximum absolute atomic E-state index is 11.0. The lowest BCUT2D eigenvalue weighted by atomic mass is 9.95. The molecule has 0 aromatic rings. The molecule has 0 bridgehead atoms. The summed E-state index contributed by atoms with van der Waals surface area (Å²) in [5.41, 5.74) is 0. The Labute approximate surface area is 105 Å². The second-order valence-corrected chi connectivity index (χ2v) is 3.70. The van der Waals surface area contributed by atoms with Gasteiger partial charge >= 0.3 is 12.3 Å². The standard InChI is InChI=1S/C12H16O6/c1-3-15-11(13)17-9-5-7-10(8-6-9)18-12(14)16-4-2/h3-4,9-10H,1-2,5-8H2. The van der Waals surface area contributed by atoms with Gasteiger partial charge in [-0.2, -0.15) is 0 Å². The highest BCUT2D eigenvalue weighted by molar-refractivity contribution is 5.61. The molecule has 1 saturated carbocycles. The molecule has 0 aliphatic heterocycles. The molecule has 1 fully saturated rings. The fourth-order valence-electron chi connectivity index (χ4n) is 1.73. The highest BCUT2D eigenvalue weighted by Crippen LogP contribution is 2.24. The molecule has 1 aliphatic carbocycles. The van der Waals surface area contributed by atoms with Crippen molar-refractivity contribution in [2.75, 3.05) is 0 Å². The molecular weight excluding hydrogens is 240 g/mol. The third-order valence-corrected chi connectivity index (χ3v) is 2.51. The Morgan fingerprint density at radius 2 is 1.17 bits per heavy atom. The van der Waals surface area contributed by atoms with E-state index in [-0.39, 0.29) is 12.2 Å². The molecule has 0 heterocycles. The van der Waals surface area contributed by atoms with Gasteiger partial charge in [0.25, 0.3) is 0 Å². The third-order valence-electron chi connectivity index (χ3n) is 2.51. The van der Waals surface area contributed by atoms with Crippen LogP contribution in [0.3, 0.4) is 0 Å². The smallest absolute Gasteiger partial charge is 0.431 e. The molecule has 100 valence electrons. The van der Waals surface area contributed by atoms with Crippen molar-refractivity contribution in [1.29, 1.82) is 0 Å². The first-order valence-electron chi connectivity index (χ1n) is 5.62. The Morgan fingerprint density at radius 3 is 1.44 bits per heavy atom. The minimum Gasteiger partial charge on any atom is -0.431 e. The van der Waals surface area contributed by atoms with E-state index < -0.39 is 12.3 Å². The summed E-state index contributed by atoms with van der Waals surface area (Å²) < 4.78 is 18.9. The summed E-state index contributed by atoms with van der Waals surface area (Å²) in [6, 6.07) is 0. The molecule has 0 unspecified atom stereocenters. The first kappa shape index (κ1) is 14.1. The van der Waals surface area contributed by atoms with Crippen LogP contribution in [0.25, 0.3) is 0 Å². The van der Waals surface area contributed by atoms with E-state index in [2.05, 4.69) is 22.6 Å². The normalized spacial score (nSPS) is 22.4. The summed E-state index contributed by atoms with van der Waals surface area (Å²) in [5.74, 6) is 0. The van der Waals surface area contributed by atoms with Gasteiger partial charge in [-0.3, -0.25) is 0 Å². The number of hydrogen-bond donors (Lipinski definition) is 0. The van der Waals surface area contributed by atoms with Crippen LogP contribution in [-0.4, -0.2) is 24.5 Å². The van der Waals surface area contributed by atoms with Crippen molar-refractivity contribution < 1.29 is 28.5 Å². The van der Waals surface area contributed by atoms with Crippen LogP contribution in [0.4, 0.5) is 9.59 Å². The van der Waals surface area contributed by atoms with Crippen molar-refractivity contribution in [3.05, 3.63) is 25.7 Å². The van der Waals surface area contributed by atoms with Crippen molar-refractivity contribution in [3.8, 4) is 0 Å². The van der Waals surface area contributed by atoms with E-state index in [1.165, 1.54) is 0 Å². The van der Waals surface area contributed by atoms with E-state index in [0.717, 1.165) is 12.5 Å². The van der Waals surface area contributed by atoms with Crippen LogP contribution in [0, 0.1) is 0 Å². The van der Waals surface area contributed by atoms with Gasteiger partial charge in [-0.05, 0) is 25.7 Å². The predicted molar refractivity (Wildman–Crippen MR) is 61.6 cm³/mol. The molecule has 1 aliphatic rings. The van der Waals surface area contributed by atoms with E-state index >= 15 is 0 Å². The van der Waals surface area contributed by atoms with E-state index in [1.54, 1.807) is 0 Å². The zero-order chi connectivity index (χ0) is 13.4. The van der Waals surface area contributed by atoms with Gasteiger partial charge in [0.05, 0.1) is 12.5 Å². The molecule has 6 nitrogen and oxygen atoms in total. The number of ether oxygens (including phenoxy) is 4. The van der Waals surface area contributed by atoms with E-state index in [4.69, 9.17) is 9.47 Å². The minimum atomic E-state index is -0.763. The van der Waals surface area contributed by atoms with Gasteiger partial charge in [-0.25, -0.2) is 9.59 Å². The van der Waals surface area contributed by atoms with Gasteiger partial charge in [-0.15, -0.1) is 0 Å². The molecule has 0 aromatic carbocycles. The van der Waals surface area contributed by atoms with Crippen molar-refractivity contribution in [1.82, 2.24) is 0 Å². The van der Waals surface area contributed by atoms with Crippen LogP contribution in [0.15, 0.2) is 25.7 Å². The Hall–Kier alpha value is -1.98. The van der Waals surface area contributed by atoms with Gasteiger partial charge in [0.2, 0.25) is 0 Å². The summed E-state index contributed by atoms with van der Waals surface area (Å²) in [4.78, 5) is 22.0. The minimum absolute atomic E-state index is 0.215. The van der Waals surface area contributed by atoms with Crippen LogP contribution < -0.4 is 0 Å². The lowest BCUT2D eigenvalue weighted by Gasteiger charge is -2.27. The predicted octanol–water partition coefficient (Wildman–Crippen LogP) is 2.89. The lowest BCUT2D eigenvalue weighted by Crippen LogP contribution is -2.29. The first-order chi connectivity index (χ1) is 8.65. The summed E-state index contributed by atoms with van der Waals surface area (Å²) in [6.45, 7) is 6.51. The number of carbonyl (C=O) groups is 2. The van der Waals surface area contributed by atoms with Crippen molar-refractivity contribution >= 4 is 12.3 Å². The molecule has 18 heavy (non-hydrogen) atoms. The first-order valence-corrected chi connectivity index (χ1v) is 5.62. The molecule has 0 saturated heterocycles. The largest absolute Gasteiger partial charge is 0.513 e.